The van der Waals surface area contributed by atoms with E-state index in [-0.39, 0.29) is 4.90 Å². The molecule has 0 aliphatic heterocycles. The summed E-state index contributed by atoms with van der Waals surface area (Å²) >= 11 is 6.94. The summed E-state index contributed by atoms with van der Waals surface area (Å²) in [4.78, 5) is 8.59. The standard InChI is InChI=1S/C13H13N3O2S3/c1-8-14-6-9(20-8)7-16-10-4-3-5-11(21(2,17)18)12(10)15-13(16)19/h3-6H,7H2,1-2H3,(H,15,19). The van der Waals surface area contributed by atoms with E-state index in [1.165, 1.54) is 6.26 Å². The molecule has 0 aliphatic carbocycles. The predicted octanol–water partition coefficient (Wildman–Crippen LogP) is 2.92. The monoisotopic (exact) mass is 339 g/mol. The average molecular weight is 339 g/mol. The van der Waals surface area contributed by atoms with Crippen LogP contribution in [0, 0.1) is 11.7 Å². The van der Waals surface area contributed by atoms with Crippen LogP contribution in [0.25, 0.3) is 11.0 Å². The summed E-state index contributed by atoms with van der Waals surface area (Å²) in [5.74, 6) is 0. The molecule has 0 amide bonds. The number of nitrogens with one attached hydrogen (secondary N) is 1. The van der Waals surface area contributed by atoms with Crippen molar-refractivity contribution in [3.05, 3.63) is 39.1 Å². The third kappa shape index (κ3) is 2.66. The number of rotatable bonds is 3. The maximum absolute atomic E-state index is 11.9. The van der Waals surface area contributed by atoms with E-state index in [0.29, 0.717) is 16.8 Å². The lowest BCUT2D eigenvalue weighted by atomic mass is 10.3. The van der Waals surface area contributed by atoms with Crippen molar-refractivity contribution >= 4 is 44.4 Å². The minimum Gasteiger partial charge on any atom is -0.329 e. The molecule has 1 N–H and O–H groups in total. The van der Waals surface area contributed by atoms with Gasteiger partial charge < -0.3 is 9.55 Å². The number of H-pyrrole nitrogens is 1. The van der Waals surface area contributed by atoms with Gasteiger partial charge in [0, 0.05) is 17.3 Å². The fourth-order valence-corrected chi connectivity index (χ4v) is 4.16. The summed E-state index contributed by atoms with van der Waals surface area (Å²) in [6, 6.07) is 5.18. The second-order valence-electron chi connectivity index (χ2n) is 4.78. The molecule has 0 atom stereocenters. The molecule has 0 aliphatic rings. The van der Waals surface area contributed by atoms with Gasteiger partial charge >= 0.3 is 0 Å². The molecule has 0 saturated heterocycles. The number of benzene rings is 1. The molecular weight excluding hydrogens is 326 g/mol. The lowest BCUT2D eigenvalue weighted by molar-refractivity contribution is 0.602. The van der Waals surface area contributed by atoms with Gasteiger partial charge in [-0.3, -0.25) is 0 Å². The van der Waals surface area contributed by atoms with E-state index >= 15 is 0 Å². The van der Waals surface area contributed by atoms with Crippen LogP contribution < -0.4 is 0 Å². The normalized spacial score (nSPS) is 12.1. The average Bonchev–Trinajstić information content (AvgIpc) is 2.93. The third-order valence-corrected chi connectivity index (χ3v) is 5.51. The zero-order chi connectivity index (χ0) is 15.2. The fraction of sp³-hybridized carbons (Fsp3) is 0.231. The molecule has 0 saturated carbocycles. The number of aryl methyl sites for hydroxylation is 1. The van der Waals surface area contributed by atoms with E-state index in [9.17, 15) is 8.42 Å². The van der Waals surface area contributed by atoms with Gasteiger partial charge in [0.05, 0.1) is 27.5 Å². The van der Waals surface area contributed by atoms with Gasteiger partial charge in [0.2, 0.25) is 0 Å². The third-order valence-electron chi connectivity index (χ3n) is 3.15. The minimum absolute atomic E-state index is 0.269. The Morgan fingerprint density at radius 3 is 2.81 bits per heavy atom. The molecule has 0 unspecified atom stereocenters. The van der Waals surface area contributed by atoms with Gasteiger partial charge in [-0.05, 0) is 31.3 Å². The Labute approximate surface area is 131 Å². The molecule has 3 rings (SSSR count). The van der Waals surface area contributed by atoms with Crippen LogP contribution in [0.15, 0.2) is 29.3 Å². The van der Waals surface area contributed by atoms with Gasteiger partial charge in [-0.25, -0.2) is 13.4 Å². The zero-order valence-electron chi connectivity index (χ0n) is 11.5. The van der Waals surface area contributed by atoms with Crippen molar-refractivity contribution in [1.82, 2.24) is 14.5 Å². The largest absolute Gasteiger partial charge is 0.329 e. The molecule has 21 heavy (non-hydrogen) atoms. The number of hydrogen-bond donors (Lipinski definition) is 1. The molecule has 8 heteroatoms. The quantitative estimate of drug-likeness (QED) is 0.745. The lowest BCUT2D eigenvalue weighted by Crippen LogP contribution is -2.00. The highest BCUT2D eigenvalue weighted by Gasteiger charge is 2.15. The molecule has 2 aromatic heterocycles. The van der Waals surface area contributed by atoms with Crippen LogP contribution in [0.1, 0.15) is 9.88 Å². The van der Waals surface area contributed by atoms with E-state index in [4.69, 9.17) is 12.2 Å². The van der Waals surface area contributed by atoms with Crippen LogP contribution in [-0.4, -0.2) is 29.2 Å². The van der Waals surface area contributed by atoms with Crippen LogP contribution >= 0.6 is 23.6 Å². The Balaban J connectivity index is 2.21. The predicted molar refractivity (Wildman–Crippen MR) is 86.2 cm³/mol. The summed E-state index contributed by atoms with van der Waals surface area (Å²) in [5, 5.41) is 0.994. The van der Waals surface area contributed by atoms with Crippen molar-refractivity contribution in [3.8, 4) is 0 Å². The Bertz CT molecular complexity index is 980. The van der Waals surface area contributed by atoms with Crippen molar-refractivity contribution in [2.24, 2.45) is 0 Å². The molecule has 1 aromatic carbocycles. The number of thiazole rings is 1. The van der Waals surface area contributed by atoms with Gasteiger partial charge in [0.15, 0.2) is 14.6 Å². The van der Waals surface area contributed by atoms with Gasteiger partial charge in [0.25, 0.3) is 0 Å². The van der Waals surface area contributed by atoms with E-state index in [2.05, 4.69) is 9.97 Å². The minimum atomic E-state index is -3.30. The molecule has 0 fully saturated rings. The smallest absolute Gasteiger partial charge is 0.178 e. The van der Waals surface area contributed by atoms with Crippen molar-refractivity contribution in [2.75, 3.05) is 6.26 Å². The van der Waals surface area contributed by atoms with Gasteiger partial charge in [-0.15, -0.1) is 11.3 Å². The molecule has 0 spiro atoms. The second-order valence-corrected chi connectivity index (χ2v) is 8.47. The SMILES string of the molecule is Cc1ncc(Cn2c(=S)[nH]c3c(S(C)(=O)=O)cccc32)s1. The number of imidazole rings is 1. The Morgan fingerprint density at radius 2 is 2.19 bits per heavy atom. The fourth-order valence-electron chi connectivity index (χ4n) is 2.25. The second kappa shape index (κ2) is 5.04. The van der Waals surface area contributed by atoms with Crippen LogP contribution in [-0.2, 0) is 16.4 Å². The summed E-state index contributed by atoms with van der Waals surface area (Å²) < 4.78 is 26.1. The Hall–Kier alpha value is -1.51. The first-order valence-corrected chi connectivity index (χ1v) is 9.31. The van der Waals surface area contributed by atoms with Crippen molar-refractivity contribution in [2.45, 2.75) is 18.4 Å². The summed E-state index contributed by atoms with van der Waals surface area (Å²) in [5.41, 5.74) is 1.35. The van der Waals surface area contributed by atoms with E-state index in [0.717, 1.165) is 15.4 Å². The van der Waals surface area contributed by atoms with E-state index in [1.807, 2.05) is 23.8 Å². The number of sulfone groups is 1. The first kappa shape index (κ1) is 14.4. The van der Waals surface area contributed by atoms with Gasteiger partial charge in [-0.1, -0.05) is 6.07 Å². The number of para-hydroxylation sites is 1. The van der Waals surface area contributed by atoms with Crippen LogP contribution in [0.3, 0.4) is 0 Å². The molecule has 110 valence electrons. The maximum Gasteiger partial charge on any atom is 0.178 e. The van der Waals surface area contributed by atoms with Gasteiger partial charge in [-0.2, -0.15) is 0 Å². The molecule has 2 heterocycles. The Kier molecular flexibility index (Phi) is 3.46. The molecular formula is C13H13N3O2S3. The van der Waals surface area contributed by atoms with Crippen LogP contribution in [0.4, 0.5) is 0 Å². The molecule has 5 nitrogen and oxygen atoms in total. The highest BCUT2D eigenvalue weighted by Crippen LogP contribution is 2.24. The molecule has 3 aromatic rings. The highest BCUT2D eigenvalue weighted by atomic mass is 32.2. The number of fused-ring (bicyclic) bond motifs is 1. The Morgan fingerprint density at radius 1 is 1.43 bits per heavy atom. The number of aromatic nitrogens is 3. The zero-order valence-corrected chi connectivity index (χ0v) is 13.9. The highest BCUT2D eigenvalue weighted by molar-refractivity contribution is 7.91. The summed E-state index contributed by atoms with van der Waals surface area (Å²) in [7, 11) is -3.30. The van der Waals surface area contributed by atoms with Crippen molar-refractivity contribution in [1.29, 1.82) is 0 Å². The lowest BCUT2D eigenvalue weighted by Gasteiger charge is -2.03. The van der Waals surface area contributed by atoms with E-state index in [1.54, 1.807) is 23.5 Å². The number of hydrogen-bond acceptors (Lipinski definition) is 5. The van der Waals surface area contributed by atoms with Crippen molar-refractivity contribution in [3.63, 3.8) is 0 Å². The van der Waals surface area contributed by atoms with Crippen LogP contribution in [0.5, 0.6) is 0 Å². The van der Waals surface area contributed by atoms with Gasteiger partial charge in [0.1, 0.15) is 0 Å². The van der Waals surface area contributed by atoms with Crippen molar-refractivity contribution < 1.29 is 8.42 Å². The van der Waals surface area contributed by atoms with Crippen LogP contribution in [0.2, 0.25) is 0 Å². The number of aromatic amines is 1. The molecule has 0 radical (unpaired) electrons. The topological polar surface area (TPSA) is 67.8 Å². The summed E-state index contributed by atoms with van der Waals surface area (Å²) in [6.45, 7) is 2.53. The number of nitrogens with zero attached hydrogens (tertiary/aromatic N) is 2. The van der Waals surface area contributed by atoms with E-state index < -0.39 is 9.84 Å². The molecule has 0 bridgehead atoms. The first-order valence-electron chi connectivity index (χ1n) is 6.19. The first-order chi connectivity index (χ1) is 9.86. The maximum atomic E-state index is 11.9. The summed E-state index contributed by atoms with van der Waals surface area (Å²) in [6.07, 6.45) is 3.02.